The van der Waals surface area contributed by atoms with Crippen molar-refractivity contribution < 1.29 is 9.59 Å². The molecule has 0 aliphatic heterocycles. The molecule has 0 aliphatic rings. The Balaban J connectivity index is 2.18. The van der Waals surface area contributed by atoms with Gasteiger partial charge in [-0.05, 0) is 49.3 Å². The number of aromatic nitrogens is 1. The van der Waals surface area contributed by atoms with Gasteiger partial charge in [0.25, 0.3) is 0 Å². The standard InChI is InChI=1S/C22H29Cl2N5O2/c1-13(2)20(29(3)4)22(31)28-18(10-14-5-7-16(23)17(24)9-14)21(30)27-12-15-6-8-19(25)26-11-15/h5-9,11,13,18,20H,10,12H2,1-4H3,(H2,25,26)(H,27,30)(H,28,31)/t18-,20?/m0/s1. The molecular formula is C22H29Cl2N5O2. The van der Waals surface area contributed by atoms with Gasteiger partial charge in [-0.25, -0.2) is 4.98 Å². The number of carbonyl (C=O) groups is 2. The molecular weight excluding hydrogens is 437 g/mol. The summed E-state index contributed by atoms with van der Waals surface area (Å²) in [6, 6.07) is 7.46. The third-order valence-electron chi connectivity index (χ3n) is 4.83. The summed E-state index contributed by atoms with van der Waals surface area (Å²) in [7, 11) is 3.68. The van der Waals surface area contributed by atoms with Crippen LogP contribution in [0, 0.1) is 5.92 Å². The first kappa shape index (κ1) is 24.9. The van der Waals surface area contributed by atoms with Crippen LogP contribution in [0.4, 0.5) is 5.82 Å². The Morgan fingerprint density at radius 2 is 1.74 bits per heavy atom. The highest BCUT2D eigenvalue weighted by atomic mass is 35.5. The van der Waals surface area contributed by atoms with Crippen molar-refractivity contribution in [3.8, 4) is 0 Å². The number of hydrogen-bond acceptors (Lipinski definition) is 5. The van der Waals surface area contributed by atoms with E-state index >= 15 is 0 Å². The lowest BCUT2D eigenvalue weighted by atomic mass is 10.0. The highest BCUT2D eigenvalue weighted by Crippen LogP contribution is 2.23. The molecule has 1 aromatic carbocycles. The topological polar surface area (TPSA) is 100 Å². The lowest BCUT2D eigenvalue weighted by Crippen LogP contribution is -2.54. The van der Waals surface area contributed by atoms with Gasteiger partial charge in [0.05, 0.1) is 16.1 Å². The fraction of sp³-hybridized carbons (Fsp3) is 0.409. The van der Waals surface area contributed by atoms with Gasteiger partial charge in [-0.3, -0.25) is 14.5 Å². The highest BCUT2D eigenvalue weighted by Gasteiger charge is 2.29. The minimum atomic E-state index is -0.785. The Hall–Kier alpha value is -2.35. The number of halogens is 2. The second kappa shape index (κ2) is 11.3. The van der Waals surface area contributed by atoms with E-state index in [4.69, 9.17) is 28.9 Å². The Labute approximate surface area is 193 Å². The van der Waals surface area contributed by atoms with E-state index in [9.17, 15) is 9.59 Å². The molecule has 168 valence electrons. The molecule has 2 aromatic rings. The highest BCUT2D eigenvalue weighted by molar-refractivity contribution is 6.42. The molecule has 2 atom stereocenters. The van der Waals surface area contributed by atoms with Gasteiger partial charge in [-0.2, -0.15) is 0 Å². The van der Waals surface area contributed by atoms with E-state index in [2.05, 4.69) is 15.6 Å². The van der Waals surface area contributed by atoms with Crippen LogP contribution in [-0.4, -0.2) is 47.9 Å². The zero-order valence-corrected chi connectivity index (χ0v) is 19.7. The molecule has 0 fully saturated rings. The molecule has 9 heteroatoms. The predicted octanol–water partition coefficient (Wildman–Crippen LogP) is 2.90. The van der Waals surface area contributed by atoms with Crippen molar-refractivity contribution in [3.05, 3.63) is 57.7 Å². The summed E-state index contributed by atoms with van der Waals surface area (Å²) in [6.45, 7) is 4.19. The molecule has 31 heavy (non-hydrogen) atoms. The Bertz CT molecular complexity index is 895. The molecule has 1 unspecified atom stereocenters. The minimum absolute atomic E-state index is 0.0736. The van der Waals surface area contributed by atoms with Crippen LogP contribution in [-0.2, 0) is 22.6 Å². The number of benzene rings is 1. The number of nitrogens with one attached hydrogen (secondary N) is 2. The van der Waals surface area contributed by atoms with E-state index in [0.717, 1.165) is 11.1 Å². The quantitative estimate of drug-likeness (QED) is 0.528. The summed E-state index contributed by atoms with van der Waals surface area (Å²) in [5, 5.41) is 6.59. The van der Waals surface area contributed by atoms with Crippen LogP contribution in [0.1, 0.15) is 25.0 Å². The molecule has 0 spiro atoms. The van der Waals surface area contributed by atoms with Crippen molar-refractivity contribution in [1.82, 2.24) is 20.5 Å². The van der Waals surface area contributed by atoms with Crippen molar-refractivity contribution in [2.24, 2.45) is 5.92 Å². The number of carbonyl (C=O) groups excluding carboxylic acids is 2. The second-order valence-corrected chi connectivity index (χ2v) is 8.79. The smallest absolute Gasteiger partial charge is 0.243 e. The number of pyridine rings is 1. The van der Waals surface area contributed by atoms with Gasteiger partial charge < -0.3 is 16.4 Å². The van der Waals surface area contributed by atoms with Crippen molar-refractivity contribution >= 4 is 40.8 Å². The van der Waals surface area contributed by atoms with E-state index in [-0.39, 0.29) is 36.7 Å². The van der Waals surface area contributed by atoms with Gasteiger partial charge in [-0.1, -0.05) is 49.2 Å². The van der Waals surface area contributed by atoms with E-state index in [1.54, 1.807) is 36.5 Å². The Morgan fingerprint density at radius 1 is 1.06 bits per heavy atom. The fourth-order valence-electron chi connectivity index (χ4n) is 3.36. The average Bonchev–Trinajstić information content (AvgIpc) is 2.69. The summed E-state index contributed by atoms with van der Waals surface area (Å²) >= 11 is 12.1. The van der Waals surface area contributed by atoms with Crippen molar-refractivity contribution in [1.29, 1.82) is 0 Å². The number of nitrogen functional groups attached to an aromatic ring is 1. The lowest BCUT2D eigenvalue weighted by Gasteiger charge is -2.29. The number of hydrogen-bond donors (Lipinski definition) is 3. The van der Waals surface area contributed by atoms with Gasteiger partial charge in [0.2, 0.25) is 11.8 Å². The fourth-order valence-corrected chi connectivity index (χ4v) is 3.68. The SMILES string of the molecule is CC(C)C(C(=O)N[C@@H](Cc1ccc(Cl)c(Cl)c1)C(=O)NCc1ccc(N)nc1)N(C)C. The van der Waals surface area contributed by atoms with Crippen molar-refractivity contribution in [2.75, 3.05) is 19.8 Å². The molecule has 0 saturated heterocycles. The van der Waals surface area contributed by atoms with Crippen LogP contribution in [0.3, 0.4) is 0 Å². The summed E-state index contributed by atoms with van der Waals surface area (Å²) in [6.07, 6.45) is 1.87. The molecule has 0 saturated carbocycles. The molecule has 7 nitrogen and oxygen atoms in total. The number of likely N-dealkylation sites (N-methyl/N-ethyl adjacent to an activating group) is 1. The number of nitrogens with two attached hydrogens (primary N) is 1. The summed E-state index contributed by atoms with van der Waals surface area (Å²) in [4.78, 5) is 31.8. The molecule has 0 aliphatic carbocycles. The van der Waals surface area contributed by atoms with Crippen LogP contribution in [0.5, 0.6) is 0 Å². The molecule has 1 heterocycles. The van der Waals surface area contributed by atoms with Gasteiger partial charge in [-0.15, -0.1) is 0 Å². The Morgan fingerprint density at radius 3 is 2.29 bits per heavy atom. The lowest BCUT2D eigenvalue weighted by molar-refractivity contribution is -0.132. The van der Waals surface area contributed by atoms with Crippen LogP contribution in [0.2, 0.25) is 10.0 Å². The van der Waals surface area contributed by atoms with Crippen LogP contribution < -0.4 is 16.4 Å². The summed E-state index contributed by atoms with van der Waals surface area (Å²) < 4.78 is 0. The van der Waals surface area contributed by atoms with Gasteiger partial charge in [0, 0.05) is 19.2 Å². The molecule has 0 radical (unpaired) electrons. The number of nitrogens with zero attached hydrogens (tertiary/aromatic N) is 2. The first-order valence-electron chi connectivity index (χ1n) is 9.97. The monoisotopic (exact) mass is 465 g/mol. The maximum Gasteiger partial charge on any atom is 0.243 e. The van der Waals surface area contributed by atoms with Gasteiger partial charge >= 0.3 is 0 Å². The van der Waals surface area contributed by atoms with E-state index < -0.39 is 6.04 Å². The number of rotatable bonds is 9. The molecule has 2 rings (SSSR count). The van der Waals surface area contributed by atoms with Crippen molar-refractivity contribution in [3.63, 3.8) is 0 Å². The maximum absolute atomic E-state index is 13.0. The minimum Gasteiger partial charge on any atom is -0.384 e. The molecule has 4 N–H and O–H groups in total. The predicted molar refractivity (Wildman–Crippen MR) is 125 cm³/mol. The van der Waals surface area contributed by atoms with Crippen molar-refractivity contribution in [2.45, 2.75) is 38.9 Å². The molecule has 1 aromatic heterocycles. The number of amides is 2. The van der Waals surface area contributed by atoms with Crippen LogP contribution in [0.25, 0.3) is 0 Å². The van der Waals surface area contributed by atoms with Gasteiger partial charge in [0.1, 0.15) is 11.9 Å². The van der Waals surface area contributed by atoms with Crippen LogP contribution in [0.15, 0.2) is 36.5 Å². The number of anilines is 1. The summed E-state index contributed by atoms with van der Waals surface area (Å²) in [5.74, 6) is -0.0420. The largest absolute Gasteiger partial charge is 0.384 e. The molecule has 2 amide bonds. The average molecular weight is 466 g/mol. The van der Waals surface area contributed by atoms with E-state index in [0.29, 0.717) is 15.9 Å². The molecule has 0 bridgehead atoms. The third-order valence-corrected chi connectivity index (χ3v) is 5.57. The summed E-state index contributed by atoms with van der Waals surface area (Å²) in [5.41, 5.74) is 7.19. The van der Waals surface area contributed by atoms with E-state index in [1.165, 1.54) is 0 Å². The van der Waals surface area contributed by atoms with E-state index in [1.807, 2.05) is 32.8 Å². The zero-order valence-electron chi connectivity index (χ0n) is 18.2. The zero-order chi connectivity index (χ0) is 23.1. The van der Waals surface area contributed by atoms with Gasteiger partial charge in [0.15, 0.2) is 0 Å². The first-order valence-corrected chi connectivity index (χ1v) is 10.7. The first-order chi connectivity index (χ1) is 14.6. The Kier molecular flexibility index (Phi) is 9.10. The normalized spacial score (nSPS) is 13.2. The maximum atomic E-state index is 13.0. The third kappa shape index (κ3) is 7.38. The van der Waals surface area contributed by atoms with Crippen LogP contribution >= 0.6 is 23.2 Å². The second-order valence-electron chi connectivity index (χ2n) is 7.98.